The number of fused-ring (bicyclic) bond motifs is 1. The van der Waals surface area contributed by atoms with E-state index in [1.54, 1.807) is 0 Å². The molecule has 1 heterocycles. The summed E-state index contributed by atoms with van der Waals surface area (Å²) in [7, 11) is 0. The Bertz CT molecular complexity index is 567. The first-order valence-electron chi connectivity index (χ1n) is 5.89. The van der Waals surface area contributed by atoms with E-state index in [9.17, 15) is 0 Å². The molecule has 0 saturated heterocycles. The average molecular weight is 220 g/mol. The van der Waals surface area contributed by atoms with Gasteiger partial charge in [-0.1, -0.05) is 48.5 Å². The summed E-state index contributed by atoms with van der Waals surface area (Å²) in [6.45, 7) is 2.16. The lowest BCUT2D eigenvalue weighted by molar-refractivity contribution is 0.991. The largest absolute Gasteiger partial charge is 0.252 e. The normalized spacial score (nSPS) is 13.5. The number of nitrogens with zero attached hydrogens (tertiary/aromatic N) is 1. The molecule has 2 aromatic rings. The zero-order chi connectivity index (χ0) is 11.7. The predicted octanol–water partition coefficient (Wildman–Crippen LogP) is 3.91. The van der Waals surface area contributed by atoms with Crippen molar-refractivity contribution in [3.05, 3.63) is 71.4 Å². The lowest BCUT2D eigenvalue weighted by Gasteiger charge is -2.03. The van der Waals surface area contributed by atoms with Crippen molar-refractivity contribution >= 4 is 11.3 Å². The highest BCUT2D eigenvalue weighted by Crippen LogP contribution is 2.34. The SMILES string of the molecule is CC1=C(Cc2ccccc2)[N]c2ccccc21. The molecule has 0 atom stereocenters. The highest BCUT2D eigenvalue weighted by Gasteiger charge is 2.18. The quantitative estimate of drug-likeness (QED) is 0.728. The van der Waals surface area contributed by atoms with Gasteiger partial charge in [-0.2, -0.15) is 0 Å². The maximum absolute atomic E-state index is 4.71. The lowest BCUT2D eigenvalue weighted by Crippen LogP contribution is -1.97. The molecule has 17 heavy (non-hydrogen) atoms. The molecule has 2 aromatic carbocycles. The van der Waals surface area contributed by atoms with E-state index in [-0.39, 0.29) is 0 Å². The molecule has 0 amide bonds. The second-order valence-electron chi connectivity index (χ2n) is 4.36. The summed E-state index contributed by atoms with van der Waals surface area (Å²) in [5.41, 5.74) is 6.20. The smallest absolute Gasteiger partial charge is 0.0708 e. The number of hydrogen-bond acceptors (Lipinski definition) is 0. The molecule has 0 unspecified atom stereocenters. The van der Waals surface area contributed by atoms with Gasteiger partial charge in [0.1, 0.15) is 0 Å². The van der Waals surface area contributed by atoms with Crippen LogP contribution in [0, 0.1) is 0 Å². The van der Waals surface area contributed by atoms with Crippen molar-refractivity contribution in [2.75, 3.05) is 0 Å². The Balaban J connectivity index is 1.90. The van der Waals surface area contributed by atoms with Gasteiger partial charge in [-0.15, -0.1) is 0 Å². The highest BCUT2D eigenvalue weighted by molar-refractivity contribution is 5.81. The van der Waals surface area contributed by atoms with E-state index in [2.05, 4.69) is 49.4 Å². The van der Waals surface area contributed by atoms with Crippen LogP contribution in [-0.2, 0) is 6.42 Å². The van der Waals surface area contributed by atoms with E-state index in [0.717, 1.165) is 12.1 Å². The fraction of sp³-hybridized carbons (Fsp3) is 0.125. The molecular formula is C16H14N. The fourth-order valence-corrected chi connectivity index (χ4v) is 2.23. The minimum Gasteiger partial charge on any atom is -0.252 e. The van der Waals surface area contributed by atoms with Crippen LogP contribution in [0.4, 0.5) is 5.69 Å². The Kier molecular flexibility index (Phi) is 2.45. The van der Waals surface area contributed by atoms with Gasteiger partial charge in [0.25, 0.3) is 0 Å². The van der Waals surface area contributed by atoms with E-state index >= 15 is 0 Å². The minimum absolute atomic E-state index is 0.918. The van der Waals surface area contributed by atoms with Gasteiger partial charge in [0, 0.05) is 17.7 Å². The van der Waals surface area contributed by atoms with Gasteiger partial charge in [0.05, 0.1) is 5.69 Å². The minimum atomic E-state index is 0.918. The Labute approximate surface area is 102 Å². The van der Waals surface area contributed by atoms with Crippen molar-refractivity contribution in [3.8, 4) is 0 Å². The third-order valence-corrected chi connectivity index (χ3v) is 3.21. The summed E-state index contributed by atoms with van der Waals surface area (Å²) in [6, 6.07) is 18.8. The Hall–Kier alpha value is -2.02. The van der Waals surface area contributed by atoms with Crippen molar-refractivity contribution in [1.29, 1.82) is 0 Å². The van der Waals surface area contributed by atoms with Crippen molar-refractivity contribution in [2.45, 2.75) is 13.3 Å². The zero-order valence-electron chi connectivity index (χ0n) is 9.85. The first-order chi connectivity index (χ1) is 8.34. The molecule has 1 aliphatic heterocycles. The molecule has 1 heteroatoms. The first-order valence-corrected chi connectivity index (χ1v) is 5.89. The van der Waals surface area contributed by atoms with E-state index in [4.69, 9.17) is 5.32 Å². The summed E-state index contributed by atoms with van der Waals surface area (Å²) < 4.78 is 0. The van der Waals surface area contributed by atoms with Crippen LogP contribution in [-0.4, -0.2) is 0 Å². The predicted molar refractivity (Wildman–Crippen MR) is 71.0 cm³/mol. The molecule has 0 bridgehead atoms. The van der Waals surface area contributed by atoms with Gasteiger partial charge in [-0.05, 0) is 24.1 Å². The molecule has 83 valence electrons. The van der Waals surface area contributed by atoms with Crippen molar-refractivity contribution < 1.29 is 0 Å². The van der Waals surface area contributed by atoms with Gasteiger partial charge < -0.3 is 0 Å². The number of hydrogen-bond donors (Lipinski definition) is 0. The molecule has 0 fully saturated rings. The van der Waals surface area contributed by atoms with Crippen LogP contribution >= 0.6 is 0 Å². The summed E-state index contributed by atoms with van der Waals surface area (Å²) in [5.74, 6) is 0. The maximum Gasteiger partial charge on any atom is 0.0708 e. The van der Waals surface area contributed by atoms with Gasteiger partial charge in [-0.3, -0.25) is 5.32 Å². The first kappa shape index (κ1) is 10.2. The van der Waals surface area contributed by atoms with Gasteiger partial charge in [0.15, 0.2) is 0 Å². The number of allylic oxidation sites excluding steroid dienone is 2. The van der Waals surface area contributed by atoms with Crippen LogP contribution in [0.5, 0.6) is 0 Å². The number of benzene rings is 2. The third-order valence-electron chi connectivity index (χ3n) is 3.21. The van der Waals surface area contributed by atoms with Gasteiger partial charge in [0.2, 0.25) is 0 Å². The molecular weight excluding hydrogens is 206 g/mol. The fourth-order valence-electron chi connectivity index (χ4n) is 2.23. The molecule has 0 aromatic heterocycles. The second kappa shape index (κ2) is 4.10. The summed E-state index contributed by atoms with van der Waals surface area (Å²) in [4.78, 5) is 0. The molecule has 1 radical (unpaired) electrons. The lowest BCUT2D eigenvalue weighted by atomic mass is 10.0. The second-order valence-corrected chi connectivity index (χ2v) is 4.36. The number of rotatable bonds is 2. The van der Waals surface area contributed by atoms with Crippen LogP contribution in [0.15, 0.2) is 60.3 Å². The molecule has 0 spiro atoms. The van der Waals surface area contributed by atoms with E-state index < -0.39 is 0 Å². The molecule has 0 N–H and O–H groups in total. The molecule has 0 aliphatic carbocycles. The maximum atomic E-state index is 4.71. The highest BCUT2D eigenvalue weighted by atomic mass is 14.9. The Morgan fingerprint density at radius 3 is 2.35 bits per heavy atom. The Morgan fingerprint density at radius 2 is 1.59 bits per heavy atom. The van der Waals surface area contributed by atoms with Gasteiger partial charge in [-0.25, -0.2) is 0 Å². The van der Waals surface area contributed by atoms with E-state index in [1.807, 2.05) is 12.1 Å². The monoisotopic (exact) mass is 220 g/mol. The van der Waals surface area contributed by atoms with E-state index in [1.165, 1.54) is 22.4 Å². The van der Waals surface area contributed by atoms with Gasteiger partial charge >= 0.3 is 0 Å². The average Bonchev–Trinajstić information content (AvgIpc) is 2.68. The molecule has 1 nitrogen and oxygen atoms in total. The standard InChI is InChI=1S/C16H14N/c1-12-14-9-5-6-10-15(14)17-16(12)11-13-7-3-2-4-8-13/h2-10H,11H2,1H3. The van der Waals surface area contributed by atoms with Crippen molar-refractivity contribution in [2.24, 2.45) is 0 Å². The zero-order valence-corrected chi connectivity index (χ0v) is 9.85. The van der Waals surface area contributed by atoms with Crippen LogP contribution in [0.25, 0.3) is 5.57 Å². The molecule has 0 saturated carbocycles. The summed E-state index contributed by atoms with van der Waals surface area (Å²) in [5, 5.41) is 4.71. The van der Waals surface area contributed by atoms with Crippen molar-refractivity contribution in [1.82, 2.24) is 5.32 Å². The summed E-state index contributed by atoms with van der Waals surface area (Å²) in [6.07, 6.45) is 0.918. The Morgan fingerprint density at radius 1 is 0.882 bits per heavy atom. The molecule has 3 rings (SSSR count). The van der Waals surface area contributed by atoms with Crippen LogP contribution in [0.3, 0.4) is 0 Å². The summed E-state index contributed by atoms with van der Waals surface area (Å²) >= 11 is 0. The number of para-hydroxylation sites is 1. The van der Waals surface area contributed by atoms with Crippen LogP contribution in [0.1, 0.15) is 18.1 Å². The van der Waals surface area contributed by atoms with E-state index in [0.29, 0.717) is 0 Å². The van der Waals surface area contributed by atoms with Crippen LogP contribution < -0.4 is 5.32 Å². The third kappa shape index (κ3) is 1.84. The van der Waals surface area contributed by atoms with Crippen LogP contribution in [0.2, 0.25) is 0 Å². The topological polar surface area (TPSA) is 14.1 Å². The molecule has 1 aliphatic rings. The van der Waals surface area contributed by atoms with Crippen molar-refractivity contribution in [3.63, 3.8) is 0 Å².